The number of anilines is 1. The molecule has 0 aromatic heterocycles. The molecule has 20 heavy (non-hydrogen) atoms. The van der Waals surface area contributed by atoms with E-state index in [2.05, 4.69) is 5.32 Å². The summed E-state index contributed by atoms with van der Waals surface area (Å²) in [6.07, 6.45) is 1.02. The lowest BCUT2D eigenvalue weighted by molar-refractivity contribution is -0.142. The Morgan fingerprint density at radius 1 is 1.45 bits per heavy atom. The van der Waals surface area contributed by atoms with Gasteiger partial charge in [-0.25, -0.2) is 4.79 Å². The van der Waals surface area contributed by atoms with Crippen molar-refractivity contribution < 1.29 is 19.4 Å². The normalized spacial score (nSPS) is 11.8. The molecule has 0 aliphatic carbocycles. The monoisotopic (exact) mass is 280 g/mol. The second-order valence-corrected chi connectivity index (χ2v) is 4.52. The van der Waals surface area contributed by atoms with Crippen LogP contribution in [0.15, 0.2) is 24.3 Å². The number of carboxylic acids is 1. The SMILES string of the molecule is COCCCC(NC(=O)Cc1cccc(N)c1)C(=O)O. The van der Waals surface area contributed by atoms with Crippen molar-refractivity contribution in [3.63, 3.8) is 0 Å². The highest BCUT2D eigenvalue weighted by molar-refractivity contribution is 5.84. The average Bonchev–Trinajstić information content (AvgIpc) is 2.37. The number of carboxylic acid groups (broad SMARTS) is 1. The molecule has 1 amide bonds. The number of nitrogens with one attached hydrogen (secondary N) is 1. The molecule has 0 bridgehead atoms. The van der Waals surface area contributed by atoms with E-state index in [1.54, 1.807) is 31.4 Å². The molecular weight excluding hydrogens is 260 g/mol. The van der Waals surface area contributed by atoms with E-state index in [9.17, 15) is 9.59 Å². The number of aliphatic carboxylic acids is 1. The minimum Gasteiger partial charge on any atom is -0.480 e. The number of ether oxygens (including phenoxy) is 1. The molecular formula is C14H20N2O4. The summed E-state index contributed by atoms with van der Waals surface area (Å²) in [5.74, 6) is -1.37. The number of hydrogen-bond donors (Lipinski definition) is 3. The lowest BCUT2D eigenvalue weighted by Crippen LogP contribution is -2.41. The van der Waals surface area contributed by atoms with E-state index in [1.807, 2.05) is 0 Å². The lowest BCUT2D eigenvalue weighted by atomic mass is 10.1. The minimum atomic E-state index is -1.04. The van der Waals surface area contributed by atoms with Gasteiger partial charge in [-0.05, 0) is 30.5 Å². The summed E-state index contributed by atoms with van der Waals surface area (Å²) in [5, 5.41) is 11.6. The lowest BCUT2D eigenvalue weighted by Gasteiger charge is -2.14. The number of carbonyl (C=O) groups excluding carboxylic acids is 1. The molecule has 4 N–H and O–H groups in total. The molecule has 6 heteroatoms. The van der Waals surface area contributed by atoms with Crippen LogP contribution < -0.4 is 11.1 Å². The van der Waals surface area contributed by atoms with Crippen LogP contribution >= 0.6 is 0 Å². The van der Waals surface area contributed by atoms with Crippen molar-refractivity contribution in [3.05, 3.63) is 29.8 Å². The van der Waals surface area contributed by atoms with Crippen LogP contribution in [0.3, 0.4) is 0 Å². The highest BCUT2D eigenvalue weighted by Crippen LogP contribution is 2.07. The Morgan fingerprint density at radius 3 is 2.80 bits per heavy atom. The van der Waals surface area contributed by atoms with Crippen molar-refractivity contribution in [1.82, 2.24) is 5.32 Å². The van der Waals surface area contributed by atoms with Gasteiger partial charge in [-0.1, -0.05) is 12.1 Å². The number of nitrogen functional groups attached to an aromatic ring is 1. The summed E-state index contributed by atoms with van der Waals surface area (Å²) in [6.45, 7) is 0.467. The molecule has 0 radical (unpaired) electrons. The standard InChI is InChI=1S/C14H20N2O4/c1-20-7-3-6-12(14(18)19)16-13(17)9-10-4-2-5-11(15)8-10/h2,4-5,8,12H,3,6-7,9,15H2,1H3,(H,16,17)(H,18,19). The highest BCUT2D eigenvalue weighted by Gasteiger charge is 2.19. The molecule has 0 heterocycles. The third kappa shape index (κ3) is 5.71. The smallest absolute Gasteiger partial charge is 0.326 e. The van der Waals surface area contributed by atoms with Gasteiger partial charge in [0, 0.05) is 19.4 Å². The van der Waals surface area contributed by atoms with E-state index >= 15 is 0 Å². The summed E-state index contributed by atoms with van der Waals surface area (Å²) in [7, 11) is 1.55. The quantitative estimate of drug-likeness (QED) is 0.483. The van der Waals surface area contributed by atoms with E-state index in [0.29, 0.717) is 25.1 Å². The summed E-state index contributed by atoms with van der Waals surface area (Å²) >= 11 is 0. The molecule has 0 saturated heterocycles. The van der Waals surface area contributed by atoms with Gasteiger partial charge in [-0.2, -0.15) is 0 Å². The first-order valence-corrected chi connectivity index (χ1v) is 6.38. The molecule has 1 unspecified atom stereocenters. The van der Waals surface area contributed by atoms with Gasteiger partial charge in [0.15, 0.2) is 0 Å². The van der Waals surface area contributed by atoms with Gasteiger partial charge < -0.3 is 20.9 Å². The number of benzene rings is 1. The Bertz CT molecular complexity index is 462. The third-order valence-electron chi connectivity index (χ3n) is 2.79. The van der Waals surface area contributed by atoms with Crippen LogP contribution in [0.5, 0.6) is 0 Å². The Kier molecular flexibility index (Phi) is 6.52. The Labute approximate surface area is 117 Å². The number of hydrogen-bond acceptors (Lipinski definition) is 4. The molecule has 0 fully saturated rings. The van der Waals surface area contributed by atoms with Gasteiger partial charge in [0.1, 0.15) is 6.04 Å². The maximum absolute atomic E-state index is 11.8. The molecule has 1 rings (SSSR count). The molecule has 0 spiro atoms. The van der Waals surface area contributed by atoms with Gasteiger partial charge >= 0.3 is 5.97 Å². The Hall–Kier alpha value is -2.08. The zero-order valence-electron chi connectivity index (χ0n) is 11.5. The largest absolute Gasteiger partial charge is 0.480 e. The number of carbonyl (C=O) groups is 2. The zero-order valence-corrected chi connectivity index (χ0v) is 11.5. The van der Waals surface area contributed by atoms with Crippen molar-refractivity contribution in [2.24, 2.45) is 0 Å². The maximum atomic E-state index is 11.8. The molecule has 0 saturated carbocycles. The molecule has 110 valence electrons. The molecule has 1 atom stereocenters. The fourth-order valence-corrected chi connectivity index (χ4v) is 1.82. The van der Waals surface area contributed by atoms with Gasteiger partial charge in [0.25, 0.3) is 0 Å². The number of methoxy groups -OCH3 is 1. The van der Waals surface area contributed by atoms with E-state index in [-0.39, 0.29) is 12.3 Å². The summed E-state index contributed by atoms with van der Waals surface area (Å²) < 4.78 is 4.87. The van der Waals surface area contributed by atoms with E-state index in [1.165, 1.54) is 0 Å². The Balaban J connectivity index is 2.51. The maximum Gasteiger partial charge on any atom is 0.326 e. The molecule has 6 nitrogen and oxygen atoms in total. The van der Waals surface area contributed by atoms with Gasteiger partial charge in [0.05, 0.1) is 6.42 Å². The molecule has 0 aliphatic rings. The number of rotatable bonds is 8. The van der Waals surface area contributed by atoms with Crippen molar-refractivity contribution in [2.75, 3.05) is 19.5 Å². The zero-order chi connectivity index (χ0) is 15.0. The molecule has 1 aromatic rings. The van der Waals surface area contributed by atoms with Crippen LogP contribution in [0, 0.1) is 0 Å². The van der Waals surface area contributed by atoms with Crippen molar-refractivity contribution in [1.29, 1.82) is 0 Å². The van der Waals surface area contributed by atoms with Crippen LogP contribution in [-0.4, -0.2) is 36.7 Å². The van der Waals surface area contributed by atoms with Crippen LogP contribution in [0.1, 0.15) is 18.4 Å². The average molecular weight is 280 g/mol. The van der Waals surface area contributed by atoms with Crippen LogP contribution in [0.4, 0.5) is 5.69 Å². The van der Waals surface area contributed by atoms with Crippen molar-refractivity contribution in [2.45, 2.75) is 25.3 Å². The fraction of sp³-hybridized carbons (Fsp3) is 0.429. The third-order valence-corrected chi connectivity index (χ3v) is 2.79. The predicted octanol–water partition coefficient (Wildman–Crippen LogP) is 0.807. The number of amides is 1. The van der Waals surface area contributed by atoms with Crippen LogP contribution in [0.25, 0.3) is 0 Å². The minimum absolute atomic E-state index is 0.110. The van der Waals surface area contributed by atoms with Gasteiger partial charge in [0.2, 0.25) is 5.91 Å². The topological polar surface area (TPSA) is 102 Å². The second-order valence-electron chi connectivity index (χ2n) is 4.52. The van der Waals surface area contributed by atoms with Gasteiger partial charge in [-0.3, -0.25) is 4.79 Å². The van der Waals surface area contributed by atoms with E-state index in [0.717, 1.165) is 5.56 Å². The highest BCUT2D eigenvalue weighted by atomic mass is 16.5. The molecule has 1 aromatic carbocycles. The van der Waals surface area contributed by atoms with E-state index < -0.39 is 12.0 Å². The van der Waals surface area contributed by atoms with Crippen LogP contribution in [-0.2, 0) is 20.7 Å². The summed E-state index contributed by atoms with van der Waals surface area (Å²) in [4.78, 5) is 22.9. The first-order chi connectivity index (χ1) is 9.52. The van der Waals surface area contributed by atoms with E-state index in [4.69, 9.17) is 15.6 Å². The fourth-order valence-electron chi connectivity index (χ4n) is 1.82. The first-order valence-electron chi connectivity index (χ1n) is 6.38. The Morgan fingerprint density at radius 2 is 2.20 bits per heavy atom. The second kappa shape index (κ2) is 8.16. The van der Waals surface area contributed by atoms with Crippen LogP contribution in [0.2, 0.25) is 0 Å². The van der Waals surface area contributed by atoms with Gasteiger partial charge in [-0.15, -0.1) is 0 Å². The predicted molar refractivity (Wildman–Crippen MR) is 75.2 cm³/mol. The van der Waals surface area contributed by atoms with Crippen molar-refractivity contribution >= 4 is 17.6 Å². The first kappa shape index (κ1) is 16.0. The summed E-state index contributed by atoms with van der Waals surface area (Å²) in [5.41, 5.74) is 6.95. The number of nitrogens with two attached hydrogens (primary N) is 1. The summed E-state index contributed by atoms with van der Waals surface area (Å²) in [6, 6.07) is 6.06. The van der Waals surface area contributed by atoms with Crippen molar-refractivity contribution in [3.8, 4) is 0 Å². The molecule has 0 aliphatic heterocycles.